The first-order chi connectivity index (χ1) is 11.5. The number of para-hydroxylation sites is 1. The molecular weight excluding hydrogens is 380 g/mol. The molecule has 2 amide bonds. The third kappa shape index (κ3) is 4.95. The van der Waals surface area contributed by atoms with E-state index in [1.54, 1.807) is 37.4 Å². The van der Waals surface area contributed by atoms with Gasteiger partial charge in [0, 0.05) is 12.7 Å². The van der Waals surface area contributed by atoms with Crippen molar-refractivity contribution in [2.45, 2.75) is 0 Å². The SMILES string of the molecule is CN(C(=O)COC(=O)CNC(=O)c1ccc(Br)o1)c1ccccc1. The molecule has 0 aliphatic heterocycles. The minimum Gasteiger partial charge on any atom is -0.454 e. The molecule has 0 atom stereocenters. The molecule has 0 aliphatic rings. The minimum atomic E-state index is -0.719. The maximum Gasteiger partial charge on any atom is 0.325 e. The Morgan fingerprint density at radius 3 is 2.50 bits per heavy atom. The highest BCUT2D eigenvalue weighted by atomic mass is 79.9. The van der Waals surface area contributed by atoms with Crippen molar-refractivity contribution in [2.75, 3.05) is 25.1 Å². The van der Waals surface area contributed by atoms with Crippen molar-refractivity contribution >= 4 is 39.4 Å². The monoisotopic (exact) mass is 394 g/mol. The summed E-state index contributed by atoms with van der Waals surface area (Å²) in [5.74, 6) is -1.58. The van der Waals surface area contributed by atoms with Crippen molar-refractivity contribution in [1.82, 2.24) is 5.32 Å². The fourth-order valence-electron chi connectivity index (χ4n) is 1.76. The second-order valence-corrected chi connectivity index (χ2v) is 5.52. The van der Waals surface area contributed by atoms with E-state index >= 15 is 0 Å². The zero-order chi connectivity index (χ0) is 17.5. The van der Waals surface area contributed by atoms with E-state index in [1.165, 1.54) is 11.0 Å². The topological polar surface area (TPSA) is 88.9 Å². The van der Waals surface area contributed by atoms with Crippen LogP contribution in [0.1, 0.15) is 10.6 Å². The largest absolute Gasteiger partial charge is 0.454 e. The van der Waals surface area contributed by atoms with Crippen LogP contribution in [-0.4, -0.2) is 38.0 Å². The zero-order valence-electron chi connectivity index (χ0n) is 12.8. The highest BCUT2D eigenvalue weighted by molar-refractivity contribution is 9.10. The lowest BCUT2D eigenvalue weighted by atomic mass is 10.3. The third-order valence-electron chi connectivity index (χ3n) is 3.06. The average Bonchev–Trinajstić information content (AvgIpc) is 3.04. The van der Waals surface area contributed by atoms with E-state index in [1.807, 2.05) is 6.07 Å². The van der Waals surface area contributed by atoms with Crippen molar-refractivity contribution in [3.63, 3.8) is 0 Å². The lowest BCUT2D eigenvalue weighted by molar-refractivity contribution is -0.146. The predicted octanol–water partition coefficient (Wildman–Crippen LogP) is 1.98. The number of carbonyl (C=O) groups excluding carboxylic acids is 3. The van der Waals surface area contributed by atoms with Gasteiger partial charge in [-0.25, -0.2) is 0 Å². The van der Waals surface area contributed by atoms with Crippen LogP contribution in [0.15, 0.2) is 51.6 Å². The van der Waals surface area contributed by atoms with Crippen molar-refractivity contribution in [3.05, 3.63) is 52.9 Å². The summed E-state index contributed by atoms with van der Waals surface area (Å²) < 4.78 is 10.3. The van der Waals surface area contributed by atoms with E-state index < -0.39 is 18.5 Å². The lowest BCUT2D eigenvalue weighted by Gasteiger charge is -2.17. The number of nitrogens with zero attached hydrogens (tertiary/aromatic N) is 1. The number of rotatable bonds is 6. The Morgan fingerprint density at radius 1 is 1.17 bits per heavy atom. The zero-order valence-corrected chi connectivity index (χ0v) is 14.4. The van der Waals surface area contributed by atoms with Gasteiger partial charge < -0.3 is 19.4 Å². The van der Waals surface area contributed by atoms with Gasteiger partial charge in [0.15, 0.2) is 17.0 Å². The summed E-state index contributed by atoms with van der Waals surface area (Å²) in [6, 6.07) is 12.0. The van der Waals surface area contributed by atoms with Gasteiger partial charge in [-0.3, -0.25) is 14.4 Å². The van der Waals surface area contributed by atoms with Gasteiger partial charge in [-0.2, -0.15) is 0 Å². The van der Waals surface area contributed by atoms with E-state index in [2.05, 4.69) is 21.2 Å². The molecule has 0 unspecified atom stereocenters. The smallest absolute Gasteiger partial charge is 0.325 e. The highest BCUT2D eigenvalue weighted by Gasteiger charge is 2.15. The number of hydrogen-bond acceptors (Lipinski definition) is 5. The summed E-state index contributed by atoms with van der Waals surface area (Å²) in [5, 5.41) is 2.34. The van der Waals surface area contributed by atoms with E-state index in [-0.39, 0.29) is 18.2 Å². The molecule has 0 saturated heterocycles. The number of ether oxygens (including phenoxy) is 1. The molecule has 0 saturated carbocycles. The number of esters is 1. The molecule has 0 bridgehead atoms. The molecule has 8 heteroatoms. The van der Waals surface area contributed by atoms with Gasteiger partial charge in [-0.15, -0.1) is 0 Å². The molecule has 2 rings (SSSR count). The van der Waals surface area contributed by atoms with Gasteiger partial charge >= 0.3 is 5.97 Å². The van der Waals surface area contributed by atoms with Crippen LogP contribution in [-0.2, 0) is 14.3 Å². The van der Waals surface area contributed by atoms with E-state index in [0.29, 0.717) is 10.4 Å². The van der Waals surface area contributed by atoms with Gasteiger partial charge in [0.2, 0.25) is 0 Å². The molecule has 1 aromatic heterocycles. The van der Waals surface area contributed by atoms with Crippen LogP contribution in [0.5, 0.6) is 0 Å². The molecule has 24 heavy (non-hydrogen) atoms. The van der Waals surface area contributed by atoms with Gasteiger partial charge in [0.1, 0.15) is 6.54 Å². The number of halogens is 1. The van der Waals surface area contributed by atoms with Crippen LogP contribution in [0.3, 0.4) is 0 Å². The molecule has 1 aromatic carbocycles. The van der Waals surface area contributed by atoms with Gasteiger partial charge in [-0.1, -0.05) is 18.2 Å². The Hall–Kier alpha value is -2.61. The summed E-state index contributed by atoms with van der Waals surface area (Å²) in [6.45, 7) is -0.772. The predicted molar refractivity (Wildman–Crippen MR) is 89.6 cm³/mol. The summed E-state index contributed by atoms with van der Waals surface area (Å²) in [6.07, 6.45) is 0. The Labute approximate surface area is 146 Å². The molecule has 0 radical (unpaired) electrons. The van der Waals surface area contributed by atoms with Gasteiger partial charge in [0.25, 0.3) is 11.8 Å². The summed E-state index contributed by atoms with van der Waals surface area (Å²) in [4.78, 5) is 36.6. The summed E-state index contributed by atoms with van der Waals surface area (Å²) in [7, 11) is 1.59. The quantitative estimate of drug-likeness (QED) is 0.756. The Balaban J connectivity index is 1.74. The van der Waals surface area contributed by atoms with Crippen molar-refractivity contribution in [3.8, 4) is 0 Å². The first-order valence-corrected chi connectivity index (χ1v) is 7.77. The highest BCUT2D eigenvalue weighted by Crippen LogP contribution is 2.13. The second kappa shape index (κ2) is 8.30. The maximum atomic E-state index is 12.0. The maximum absolute atomic E-state index is 12.0. The van der Waals surface area contributed by atoms with E-state index in [0.717, 1.165) is 0 Å². The molecule has 2 aromatic rings. The number of nitrogens with one attached hydrogen (secondary N) is 1. The number of amides is 2. The Kier molecular flexibility index (Phi) is 6.14. The molecular formula is C16H15BrN2O5. The van der Waals surface area contributed by atoms with Crippen molar-refractivity contribution in [1.29, 1.82) is 0 Å². The van der Waals surface area contributed by atoms with Crippen LogP contribution in [0, 0.1) is 0 Å². The standard InChI is InChI=1S/C16H15BrN2O5/c1-19(11-5-3-2-4-6-11)14(20)10-23-15(21)9-18-16(22)12-7-8-13(17)24-12/h2-8H,9-10H2,1H3,(H,18,22). The third-order valence-corrected chi connectivity index (χ3v) is 3.49. The Morgan fingerprint density at radius 2 is 1.88 bits per heavy atom. The number of hydrogen-bond donors (Lipinski definition) is 1. The van der Waals surface area contributed by atoms with E-state index in [9.17, 15) is 14.4 Å². The summed E-state index contributed by atoms with van der Waals surface area (Å²) >= 11 is 3.07. The number of carbonyl (C=O) groups is 3. The lowest BCUT2D eigenvalue weighted by Crippen LogP contribution is -2.34. The van der Waals surface area contributed by atoms with Crippen LogP contribution in [0.4, 0.5) is 5.69 Å². The Bertz CT molecular complexity index is 729. The molecule has 0 aliphatic carbocycles. The fourth-order valence-corrected chi connectivity index (χ4v) is 2.07. The van der Waals surface area contributed by atoms with Crippen LogP contribution in [0.2, 0.25) is 0 Å². The first kappa shape index (κ1) is 17.7. The second-order valence-electron chi connectivity index (χ2n) is 4.74. The number of likely N-dealkylation sites (N-methyl/N-ethyl adjacent to an activating group) is 1. The van der Waals surface area contributed by atoms with Crippen molar-refractivity contribution < 1.29 is 23.5 Å². The minimum absolute atomic E-state index is 0.0644. The average molecular weight is 395 g/mol. The van der Waals surface area contributed by atoms with Crippen LogP contribution >= 0.6 is 15.9 Å². The molecule has 1 heterocycles. The molecule has 126 valence electrons. The molecule has 7 nitrogen and oxygen atoms in total. The first-order valence-electron chi connectivity index (χ1n) is 6.98. The van der Waals surface area contributed by atoms with Crippen LogP contribution in [0.25, 0.3) is 0 Å². The fraction of sp³-hybridized carbons (Fsp3) is 0.188. The molecule has 0 spiro atoms. The molecule has 1 N–H and O–H groups in total. The van der Waals surface area contributed by atoms with Gasteiger partial charge in [0.05, 0.1) is 0 Å². The number of benzene rings is 1. The summed E-state index contributed by atoms with van der Waals surface area (Å²) in [5.41, 5.74) is 0.690. The van der Waals surface area contributed by atoms with Crippen molar-refractivity contribution in [2.24, 2.45) is 0 Å². The number of anilines is 1. The normalized spacial score (nSPS) is 10.1. The molecule has 0 fully saturated rings. The van der Waals surface area contributed by atoms with E-state index in [4.69, 9.17) is 9.15 Å². The number of furan rings is 1. The van der Waals surface area contributed by atoms with Gasteiger partial charge in [-0.05, 0) is 40.2 Å². The van der Waals surface area contributed by atoms with Crippen LogP contribution < -0.4 is 10.2 Å².